The molecule has 0 radical (unpaired) electrons. The topological polar surface area (TPSA) is 55.6 Å². The molecule has 1 unspecified atom stereocenters. The number of nitrogens with zero attached hydrogens (tertiary/aromatic N) is 1. The number of rotatable bonds is 6. The van der Waals surface area contributed by atoms with Crippen molar-refractivity contribution < 1.29 is 13.9 Å². The number of ether oxygens (including phenoxy) is 1. The fraction of sp³-hybridized carbons (Fsp3) is 0.500. The van der Waals surface area contributed by atoms with Gasteiger partial charge in [-0.05, 0) is 31.0 Å². The van der Waals surface area contributed by atoms with E-state index >= 15 is 0 Å². The molecule has 0 bridgehead atoms. The second kappa shape index (κ2) is 7.09. The Morgan fingerprint density at radius 3 is 2.74 bits per heavy atom. The molecule has 1 rings (SSSR count). The van der Waals surface area contributed by atoms with Crippen LogP contribution < -0.4 is 10.5 Å². The van der Waals surface area contributed by atoms with E-state index in [1.165, 1.54) is 13.2 Å². The molecule has 106 valence electrons. The minimum Gasteiger partial charge on any atom is -0.494 e. The second-order valence-electron chi connectivity index (χ2n) is 4.72. The summed E-state index contributed by atoms with van der Waals surface area (Å²) in [4.78, 5) is 13.3. The Kier molecular flexibility index (Phi) is 5.76. The maximum atomic E-state index is 13.5. The quantitative estimate of drug-likeness (QED) is 0.852. The molecule has 0 aliphatic rings. The van der Waals surface area contributed by atoms with Crippen LogP contribution >= 0.6 is 0 Å². The molecule has 0 spiro atoms. The Morgan fingerprint density at radius 1 is 1.53 bits per heavy atom. The largest absolute Gasteiger partial charge is 0.494 e. The first-order valence-corrected chi connectivity index (χ1v) is 6.26. The molecule has 0 saturated heterocycles. The predicted molar refractivity (Wildman–Crippen MR) is 72.6 cm³/mol. The summed E-state index contributed by atoms with van der Waals surface area (Å²) < 4.78 is 18.3. The fourth-order valence-corrected chi connectivity index (χ4v) is 1.72. The zero-order chi connectivity index (χ0) is 14.4. The van der Waals surface area contributed by atoms with Gasteiger partial charge >= 0.3 is 0 Å². The van der Waals surface area contributed by atoms with Crippen molar-refractivity contribution in [1.82, 2.24) is 4.90 Å². The van der Waals surface area contributed by atoms with Crippen molar-refractivity contribution in [2.24, 2.45) is 5.73 Å². The van der Waals surface area contributed by atoms with Gasteiger partial charge in [-0.3, -0.25) is 4.79 Å². The molecule has 0 heterocycles. The molecule has 5 heteroatoms. The number of nitrogens with two attached hydrogens (primary N) is 1. The van der Waals surface area contributed by atoms with E-state index in [9.17, 15) is 9.18 Å². The first kappa shape index (κ1) is 15.4. The van der Waals surface area contributed by atoms with E-state index in [-0.39, 0.29) is 23.5 Å². The number of halogens is 1. The molecule has 1 atom stereocenters. The van der Waals surface area contributed by atoms with E-state index in [1.807, 2.05) is 0 Å². The van der Waals surface area contributed by atoms with Gasteiger partial charge in [-0.25, -0.2) is 4.39 Å². The Morgan fingerprint density at radius 2 is 2.21 bits per heavy atom. The highest BCUT2D eigenvalue weighted by atomic mass is 19.1. The van der Waals surface area contributed by atoms with Crippen molar-refractivity contribution in [3.63, 3.8) is 0 Å². The Bertz CT molecular complexity index is 435. The van der Waals surface area contributed by atoms with Crippen LogP contribution in [0.4, 0.5) is 4.39 Å². The van der Waals surface area contributed by atoms with Gasteiger partial charge in [0.25, 0.3) is 0 Å². The number of carbonyl (C=O) groups excluding carboxylic acids is 1. The maximum absolute atomic E-state index is 13.5. The Hall–Kier alpha value is -1.62. The fourth-order valence-electron chi connectivity index (χ4n) is 1.72. The molecule has 0 aliphatic carbocycles. The van der Waals surface area contributed by atoms with Gasteiger partial charge in [-0.1, -0.05) is 6.07 Å². The molecule has 4 nitrogen and oxygen atoms in total. The van der Waals surface area contributed by atoms with Crippen LogP contribution in [0.2, 0.25) is 0 Å². The molecule has 0 saturated carbocycles. The highest BCUT2D eigenvalue weighted by molar-refractivity contribution is 5.76. The third-order valence-corrected chi connectivity index (χ3v) is 2.87. The van der Waals surface area contributed by atoms with Crippen LogP contribution in [-0.4, -0.2) is 37.6 Å². The minimum absolute atomic E-state index is 0.00369. The summed E-state index contributed by atoms with van der Waals surface area (Å²) in [5.74, 6) is -0.154. The van der Waals surface area contributed by atoms with E-state index in [4.69, 9.17) is 10.5 Å². The summed E-state index contributed by atoms with van der Waals surface area (Å²) in [5.41, 5.74) is 6.41. The van der Waals surface area contributed by atoms with Crippen molar-refractivity contribution in [1.29, 1.82) is 0 Å². The average molecular weight is 268 g/mol. The molecule has 0 fully saturated rings. The SMILES string of the molecule is COc1ccc(CCN(C)C(=O)CC(C)N)cc1F. The third-order valence-electron chi connectivity index (χ3n) is 2.87. The van der Waals surface area contributed by atoms with Gasteiger partial charge < -0.3 is 15.4 Å². The standard InChI is InChI=1S/C14H21FN2O2/c1-10(16)8-14(18)17(2)7-6-11-4-5-13(19-3)12(15)9-11/h4-5,9-10H,6-8,16H2,1-3H3. The molecule has 1 aromatic carbocycles. The highest BCUT2D eigenvalue weighted by Gasteiger charge is 2.11. The van der Waals surface area contributed by atoms with E-state index in [2.05, 4.69) is 0 Å². The first-order valence-electron chi connectivity index (χ1n) is 6.26. The molecule has 1 aromatic rings. The molecular weight excluding hydrogens is 247 g/mol. The minimum atomic E-state index is -0.385. The van der Waals surface area contributed by atoms with E-state index in [0.717, 1.165) is 5.56 Å². The lowest BCUT2D eigenvalue weighted by Gasteiger charge is -2.18. The van der Waals surface area contributed by atoms with E-state index < -0.39 is 0 Å². The van der Waals surface area contributed by atoms with Gasteiger partial charge in [-0.15, -0.1) is 0 Å². The Labute approximate surface area is 113 Å². The molecule has 0 aliphatic heterocycles. The summed E-state index contributed by atoms with van der Waals surface area (Å²) in [6, 6.07) is 4.68. The number of benzene rings is 1. The van der Waals surface area contributed by atoms with Crippen molar-refractivity contribution in [2.75, 3.05) is 20.7 Å². The number of hydrogen-bond donors (Lipinski definition) is 1. The molecular formula is C14H21FN2O2. The lowest BCUT2D eigenvalue weighted by Crippen LogP contribution is -2.33. The lowest BCUT2D eigenvalue weighted by molar-refractivity contribution is -0.130. The lowest BCUT2D eigenvalue weighted by atomic mass is 10.1. The van der Waals surface area contributed by atoms with Crippen molar-refractivity contribution in [2.45, 2.75) is 25.8 Å². The summed E-state index contributed by atoms with van der Waals surface area (Å²) >= 11 is 0. The van der Waals surface area contributed by atoms with Crippen molar-refractivity contribution in [3.05, 3.63) is 29.6 Å². The number of amides is 1. The normalized spacial score (nSPS) is 12.1. The van der Waals surface area contributed by atoms with Gasteiger partial charge in [-0.2, -0.15) is 0 Å². The maximum Gasteiger partial charge on any atom is 0.223 e. The monoisotopic (exact) mass is 268 g/mol. The number of carbonyl (C=O) groups is 1. The average Bonchev–Trinajstić information content (AvgIpc) is 2.35. The summed E-state index contributed by atoms with van der Waals surface area (Å²) in [7, 11) is 3.16. The van der Waals surface area contributed by atoms with Gasteiger partial charge in [0.1, 0.15) is 0 Å². The molecule has 0 aromatic heterocycles. The second-order valence-corrected chi connectivity index (χ2v) is 4.72. The zero-order valence-corrected chi connectivity index (χ0v) is 11.6. The van der Waals surface area contributed by atoms with Crippen LogP contribution in [0, 0.1) is 5.82 Å². The highest BCUT2D eigenvalue weighted by Crippen LogP contribution is 2.18. The van der Waals surface area contributed by atoms with Crippen LogP contribution in [0.3, 0.4) is 0 Å². The Balaban J connectivity index is 2.52. The van der Waals surface area contributed by atoms with Crippen LogP contribution in [0.25, 0.3) is 0 Å². The zero-order valence-electron chi connectivity index (χ0n) is 11.6. The van der Waals surface area contributed by atoms with Gasteiger partial charge in [0.2, 0.25) is 5.91 Å². The van der Waals surface area contributed by atoms with Crippen LogP contribution in [0.15, 0.2) is 18.2 Å². The molecule has 2 N–H and O–H groups in total. The van der Waals surface area contributed by atoms with Crippen LogP contribution in [0.5, 0.6) is 5.75 Å². The van der Waals surface area contributed by atoms with Gasteiger partial charge in [0.15, 0.2) is 11.6 Å². The number of likely N-dealkylation sites (N-methyl/N-ethyl adjacent to an activating group) is 1. The van der Waals surface area contributed by atoms with Gasteiger partial charge in [0.05, 0.1) is 7.11 Å². The van der Waals surface area contributed by atoms with Crippen molar-refractivity contribution >= 4 is 5.91 Å². The summed E-state index contributed by atoms with van der Waals surface area (Å²) in [6.45, 7) is 2.34. The molecule has 19 heavy (non-hydrogen) atoms. The smallest absolute Gasteiger partial charge is 0.223 e. The molecule has 1 amide bonds. The third kappa shape index (κ3) is 4.87. The van der Waals surface area contributed by atoms with Crippen molar-refractivity contribution in [3.8, 4) is 5.75 Å². The summed E-state index contributed by atoms with van der Waals surface area (Å²) in [5, 5.41) is 0. The summed E-state index contributed by atoms with van der Waals surface area (Å²) in [6.07, 6.45) is 0.926. The van der Waals surface area contributed by atoms with Crippen LogP contribution in [-0.2, 0) is 11.2 Å². The number of methoxy groups -OCH3 is 1. The first-order chi connectivity index (χ1) is 8.93. The van der Waals surface area contributed by atoms with E-state index in [1.54, 1.807) is 31.0 Å². The van der Waals surface area contributed by atoms with Gasteiger partial charge in [0, 0.05) is 26.1 Å². The van der Waals surface area contributed by atoms with E-state index in [0.29, 0.717) is 19.4 Å². The predicted octanol–water partition coefficient (Wildman–Crippen LogP) is 1.57. The number of hydrogen-bond acceptors (Lipinski definition) is 3. The van der Waals surface area contributed by atoms with Crippen LogP contribution in [0.1, 0.15) is 18.9 Å².